The second-order valence-corrected chi connectivity index (χ2v) is 5.51. The number of aromatic amines is 2. The number of aliphatic hydroxyl groups excluding tert-OH is 1. The van der Waals surface area contributed by atoms with Gasteiger partial charge in [0, 0.05) is 36.7 Å². The molecule has 0 saturated carbocycles. The molecule has 0 unspecified atom stereocenters. The van der Waals surface area contributed by atoms with Crippen molar-refractivity contribution in [3.63, 3.8) is 0 Å². The molecule has 0 aromatic carbocycles. The molecule has 0 saturated heterocycles. The van der Waals surface area contributed by atoms with Crippen LogP contribution in [0, 0.1) is 0 Å². The van der Waals surface area contributed by atoms with Gasteiger partial charge in [0.15, 0.2) is 0 Å². The molecule has 7 nitrogen and oxygen atoms in total. The highest BCUT2D eigenvalue weighted by Gasteiger charge is 2.15. The molecule has 0 spiro atoms. The quantitative estimate of drug-likeness (QED) is 0.580. The maximum absolute atomic E-state index is 11.9. The first-order valence-corrected chi connectivity index (χ1v) is 6.85. The maximum Gasteiger partial charge on any atom is 0.242 e. The van der Waals surface area contributed by atoms with Gasteiger partial charge in [-0.05, 0) is 6.07 Å². The summed E-state index contributed by atoms with van der Waals surface area (Å²) in [5, 5.41) is 8.86. The number of rotatable bonds is 6. The summed E-state index contributed by atoms with van der Waals surface area (Å²) in [4.78, 5) is 9.54. The predicted molar refractivity (Wildman–Crippen MR) is 64.2 cm³/mol. The van der Waals surface area contributed by atoms with E-state index < -0.39 is 10.0 Å². The van der Waals surface area contributed by atoms with Crippen LogP contribution in [-0.2, 0) is 23.1 Å². The molecular weight excluding hydrogens is 256 g/mol. The van der Waals surface area contributed by atoms with Gasteiger partial charge in [0.25, 0.3) is 0 Å². The van der Waals surface area contributed by atoms with Gasteiger partial charge in [0.05, 0.1) is 17.8 Å². The molecular formula is C10H14N4O3S. The zero-order valence-corrected chi connectivity index (χ0v) is 10.4. The van der Waals surface area contributed by atoms with Gasteiger partial charge in [-0.25, -0.2) is 18.1 Å². The van der Waals surface area contributed by atoms with Crippen LogP contribution in [0.3, 0.4) is 0 Å². The Kier molecular flexibility index (Phi) is 3.80. The third kappa shape index (κ3) is 2.97. The highest BCUT2D eigenvalue weighted by atomic mass is 32.2. The van der Waals surface area contributed by atoms with Gasteiger partial charge in [-0.2, -0.15) is 0 Å². The Morgan fingerprint density at radius 2 is 2.17 bits per heavy atom. The van der Waals surface area contributed by atoms with Gasteiger partial charge in [0.1, 0.15) is 0 Å². The van der Waals surface area contributed by atoms with Gasteiger partial charge in [0.2, 0.25) is 10.0 Å². The average Bonchev–Trinajstić information content (AvgIpc) is 2.99. The van der Waals surface area contributed by atoms with Gasteiger partial charge < -0.3 is 15.1 Å². The Hall–Kier alpha value is -1.64. The Labute approximate surface area is 104 Å². The van der Waals surface area contributed by atoms with E-state index in [9.17, 15) is 8.42 Å². The Morgan fingerprint density at radius 1 is 1.33 bits per heavy atom. The average molecular weight is 270 g/mol. The fraction of sp³-hybridized carbons (Fsp3) is 0.300. The number of aromatic nitrogens is 3. The summed E-state index contributed by atoms with van der Waals surface area (Å²) in [5.74, 6) is 0. The van der Waals surface area contributed by atoms with Crippen molar-refractivity contribution < 1.29 is 13.5 Å². The van der Waals surface area contributed by atoms with E-state index >= 15 is 0 Å². The van der Waals surface area contributed by atoms with Crippen molar-refractivity contribution in [2.45, 2.75) is 17.9 Å². The van der Waals surface area contributed by atoms with E-state index in [-0.39, 0.29) is 18.0 Å². The van der Waals surface area contributed by atoms with E-state index in [1.807, 2.05) is 0 Å². The van der Waals surface area contributed by atoms with E-state index in [1.54, 1.807) is 12.5 Å². The van der Waals surface area contributed by atoms with Crippen LogP contribution in [0.15, 0.2) is 29.7 Å². The monoisotopic (exact) mass is 270 g/mol. The topological polar surface area (TPSA) is 111 Å². The zero-order valence-electron chi connectivity index (χ0n) is 9.55. The van der Waals surface area contributed by atoms with Gasteiger partial charge >= 0.3 is 0 Å². The fourth-order valence-electron chi connectivity index (χ4n) is 1.49. The molecule has 2 aromatic heterocycles. The molecule has 0 aliphatic carbocycles. The third-order valence-corrected chi connectivity index (χ3v) is 3.88. The predicted octanol–water partition coefficient (Wildman–Crippen LogP) is -0.249. The number of imidazole rings is 1. The smallest absolute Gasteiger partial charge is 0.242 e. The van der Waals surface area contributed by atoms with Crippen molar-refractivity contribution in [2.24, 2.45) is 0 Å². The fourth-order valence-corrected chi connectivity index (χ4v) is 2.54. The molecule has 4 N–H and O–H groups in total. The minimum atomic E-state index is -3.53. The lowest BCUT2D eigenvalue weighted by Gasteiger charge is -2.03. The van der Waals surface area contributed by atoms with Gasteiger partial charge in [-0.15, -0.1) is 0 Å². The molecule has 2 aromatic rings. The highest BCUT2D eigenvalue weighted by Crippen LogP contribution is 2.10. The lowest BCUT2D eigenvalue weighted by molar-refractivity contribution is 0.277. The first-order chi connectivity index (χ1) is 8.62. The summed E-state index contributed by atoms with van der Waals surface area (Å²) >= 11 is 0. The van der Waals surface area contributed by atoms with Crippen molar-refractivity contribution >= 4 is 10.0 Å². The van der Waals surface area contributed by atoms with E-state index in [4.69, 9.17) is 5.11 Å². The molecule has 0 amide bonds. The number of H-pyrrole nitrogens is 2. The van der Waals surface area contributed by atoms with Crippen LogP contribution in [0.1, 0.15) is 11.4 Å². The Balaban J connectivity index is 1.95. The van der Waals surface area contributed by atoms with Crippen molar-refractivity contribution in [1.29, 1.82) is 0 Å². The van der Waals surface area contributed by atoms with Crippen LogP contribution in [0.5, 0.6) is 0 Å². The van der Waals surface area contributed by atoms with Gasteiger partial charge in [-0.3, -0.25) is 0 Å². The largest absolute Gasteiger partial charge is 0.390 e. The number of nitrogens with zero attached hydrogens (tertiary/aromatic N) is 1. The molecule has 8 heteroatoms. The lowest BCUT2D eigenvalue weighted by Crippen LogP contribution is -2.25. The van der Waals surface area contributed by atoms with Gasteiger partial charge in [-0.1, -0.05) is 0 Å². The van der Waals surface area contributed by atoms with E-state index in [1.165, 1.54) is 12.3 Å². The number of aliphatic hydroxyl groups is 1. The van der Waals surface area contributed by atoms with Crippen LogP contribution in [0.25, 0.3) is 0 Å². The van der Waals surface area contributed by atoms with Crippen LogP contribution < -0.4 is 4.72 Å². The van der Waals surface area contributed by atoms with Crippen molar-refractivity contribution in [3.05, 3.63) is 36.2 Å². The molecule has 0 aliphatic heterocycles. The minimum absolute atomic E-state index is 0.121. The summed E-state index contributed by atoms with van der Waals surface area (Å²) < 4.78 is 26.2. The van der Waals surface area contributed by atoms with E-state index in [0.29, 0.717) is 12.1 Å². The summed E-state index contributed by atoms with van der Waals surface area (Å²) in [6.45, 7) is 0.0633. The normalized spacial score (nSPS) is 11.8. The minimum Gasteiger partial charge on any atom is -0.390 e. The van der Waals surface area contributed by atoms with Crippen molar-refractivity contribution in [1.82, 2.24) is 19.7 Å². The van der Waals surface area contributed by atoms with Crippen LogP contribution >= 0.6 is 0 Å². The summed E-state index contributed by atoms with van der Waals surface area (Å²) in [7, 11) is -3.53. The van der Waals surface area contributed by atoms with E-state index in [0.717, 1.165) is 5.69 Å². The molecule has 0 aliphatic rings. The Morgan fingerprint density at radius 3 is 2.78 bits per heavy atom. The summed E-state index contributed by atoms with van der Waals surface area (Å²) in [6.07, 6.45) is 5.08. The SMILES string of the molecule is O=S(=O)(NCCc1cnc[nH]1)c1c[nH]c(CO)c1. The molecule has 0 bridgehead atoms. The maximum atomic E-state index is 11.9. The van der Waals surface area contributed by atoms with Crippen LogP contribution in [0.4, 0.5) is 0 Å². The lowest BCUT2D eigenvalue weighted by atomic mass is 10.3. The second kappa shape index (κ2) is 5.34. The van der Waals surface area contributed by atoms with Crippen molar-refractivity contribution in [2.75, 3.05) is 6.54 Å². The molecule has 0 atom stereocenters. The number of hydrogen-bond acceptors (Lipinski definition) is 4. The summed E-state index contributed by atoms with van der Waals surface area (Å²) in [6, 6.07) is 1.40. The van der Waals surface area contributed by atoms with E-state index in [2.05, 4.69) is 19.7 Å². The zero-order chi connectivity index (χ0) is 13.0. The first-order valence-electron chi connectivity index (χ1n) is 5.37. The van der Waals surface area contributed by atoms with Crippen molar-refractivity contribution in [3.8, 4) is 0 Å². The second-order valence-electron chi connectivity index (χ2n) is 3.74. The number of hydrogen-bond donors (Lipinski definition) is 4. The molecule has 0 fully saturated rings. The molecule has 18 heavy (non-hydrogen) atoms. The highest BCUT2D eigenvalue weighted by molar-refractivity contribution is 7.89. The first kappa shape index (κ1) is 12.8. The third-order valence-electron chi connectivity index (χ3n) is 2.44. The summed E-state index contributed by atoms with van der Waals surface area (Å²) in [5.41, 5.74) is 1.33. The number of sulfonamides is 1. The number of nitrogens with one attached hydrogen (secondary N) is 3. The molecule has 98 valence electrons. The van der Waals surface area contributed by atoms with Crippen LogP contribution in [0.2, 0.25) is 0 Å². The standard InChI is InChI=1S/C10H14N4O3S/c15-6-9-3-10(5-12-9)18(16,17)14-2-1-8-4-11-7-13-8/h3-5,7,12,14-15H,1-2,6H2,(H,11,13). The molecule has 0 radical (unpaired) electrons. The molecule has 2 rings (SSSR count). The Bertz CT molecular complexity index is 588. The van der Waals surface area contributed by atoms with Crippen LogP contribution in [-0.4, -0.2) is 35.0 Å². The molecule has 2 heterocycles.